The number of aromatic nitrogens is 3. The molecule has 2 aromatic heterocycles. The molecule has 3 heterocycles. The smallest absolute Gasteiger partial charge is 0.272 e. The Bertz CT molecular complexity index is 754. The SMILES string of the molecule is CN1CCc2[nH]nc(C(=O)N[C@@H](c3ccccn3)C3CC(O)C3)c2C1. The molecule has 3 N–H and O–H groups in total. The molecule has 1 atom stereocenters. The number of hydrogen-bond acceptors (Lipinski definition) is 5. The van der Waals surface area contributed by atoms with E-state index < -0.39 is 0 Å². The first kappa shape index (κ1) is 16.2. The van der Waals surface area contributed by atoms with Crippen LogP contribution >= 0.6 is 0 Å². The number of nitrogens with one attached hydrogen (secondary N) is 2. The number of likely N-dealkylation sites (N-methyl/N-ethyl adjacent to an activating group) is 1. The lowest BCUT2D eigenvalue weighted by Crippen LogP contribution is -2.42. The molecule has 1 amide bonds. The summed E-state index contributed by atoms with van der Waals surface area (Å²) in [6, 6.07) is 5.49. The van der Waals surface area contributed by atoms with Gasteiger partial charge >= 0.3 is 0 Å². The number of aliphatic hydroxyl groups excluding tert-OH is 1. The number of nitrogens with zero attached hydrogens (tertiary/aromatic N) is 3. The molecular weight excluding hydrogens is 318 g/mol. The van der Waals surface area contributed by atoms with Gasteiger partial charge in [-0.05, 0) is 37.9 Å². The van der Waals surface area contributed by atoms with Gasteiger partial charge in [0.25, 0.3) is 5.91 Å². The summed E-state index contributed by atoms with van der Waals surface area (Å²) in [6.07, 6.45) is 3.70. The standard InChI is InChI=1S/C18H23N5O2/c1-23-7-5-14-13(10-23)17(22-21-14)18(25)20-16(11-8-12(24)9-11)15-4-2-3-6-19-15/h2-4,6,11-12,16,24H,5,7-10H2,1H3,(H,20,25)(H,21,22)/t11?,12?,16-/m1/s1. The molecule has 0 bridgehead atoms. The monoisotopic (exact) mass is 341 g/mol. The van der Waals surface area contributed by atoms with E-state index in [0.717, 1.165) is 36.5 Å². The van der Waals surface area contributed by atoms with Gasteiger partial charge in [0.15, 0.2) is 5.69 Å². The second kappa shape index (κ2) is 6.57. The van der Waals surface area contributed by atoms with E-state index >= 15 is 0 Å². The highest BCUT2D eigenvalue weighted by atomic mass is 16.3. The van der Waals surface area contributed by atoms with Crippen molar-refractivity contribution in [2.75, 3.05) is 13.6 Å². The Morgan fingerprint density at radius 3 is 3.00 bits per heavy atom. The number of hydrogen-bond donors (Lipinski definition) is 3. The van der Waals surface area contributed by atoms with E-state index in [9.17, 15) is 9.90 Å². The maximum atomic E-state index is 12.9. The number of fused-ring (bicyclic) bond motifs is 1. The molecule has 7 nitrogen and oxygen atoms in total. The van der Waals surface area contributed by atoms with Crippen LogP contribution in [0, 0.1) is 5.92 Å². The number of amides is 1. The molecule has 25 heavy (non-hydrogen) atoms. The molecule has 132 valence electrons. The summed E-state index contributed by atoms with van der Waals surface area (Å²) in [6.45, 7) is 1.69. The minimum Gasteiger partial charge on any atom is -0.393 e. The lowest BCUT2D eigenvalue weighted by Gasteiger charge is -2.37. The molecule has 7 heteroatoms. The molecule has 2 aromatic rings. The predicted molar refractivity (Wildman–Crippen MR) is 91.8 cm³/mol. The summed E-state index contributed by atoms with van der Waals surface area (Å²) >= 11 is 0. The average Bonchev–Trinajstić information content (AvgIpc) is 3.01. The van der Waals surface area contributed by atoms with Gasteiger partial charge in [-0.25, -0.2) is 0 Å². The van der Waals surface area contributed by atoms with Crippen molar-refractivity contribution in [2.45, 2.75) is 38.0 Å². The number of carbonyl (C=O) groups excluding carboxylic acids is 1. The van der Waals surface area contributed by atoms with Crippen LogP contribution in [0.4, 0.5) is 0 Å². The van der Waals surface area contributed by atoms with E-state index in [1.165, 1.54) is 0 Å². The third-order valence-corrected chi connectivity index (χ3v) is 5.25. The van der Waals surface area contributed by atoms with Crippen LogP contribution in [0.1, 0.15) is 46.3 Å². The first-order valence-electron chi connectivity index (χ1n) is 8.76. The van der Waals surface area contributed by atoms with Gasteiger partial charge in [-0.1, -0.05) is 6.07 Å². The van der Waals surface area contributed by atoms with Crippen LogP contribution in [-0.2, 0) is 13.0 Å². The number of H-pyrrole nitrogens is 1. The first-order chi connectivity index (χ1) is 12.1. The molecule has 4 rings (SSSR count). The van der Waals surface area contributed by atoms with Crippen molar-refractivity contribution in [1.82, 2.24) is 25.4 Å². The summed E-state index contributed by atoms with van der Waals surface area (Å²) < 4.78 is 0. The molecule has 1 aliphatic heterocycles. The lowest BCUT2D eigenvalue weighted by atomic mass is 9.76. The van der Waals surface area contributed by atoms with Crippen molar-refractivity contribution < 1.29 is 9.90 Å². The van der Waals surface area contributed by atoms with Crippen molar-refractivity contribution in [3.05, 3.63) is 47.0 Å². The Labute approximate surface area is 146 Å². The van der Waals surface area contributed by atoms with Gasteiger partial charge in [-0.15, -0.1) is 0 Å². The Morgan fingerprint density at radius 2 is 2.28 bits per heavy atom. The van der Waals surface area contributed by atoms with E-state index in [1.54, 1.807) is 6.20 Å². The zero-order valence-corrected chi connectivity index (χ0v) is 14.3. The largest absolute Gasteiger partial charge is 0.393 e. The van der Waals surface area contributed by atoms with Gasteiger partial charge in [0.05, 0.1) is 17.8 Å². The van der Waals surface area contributed by atoms with Crippen LogP contribution in [0.15, 0.2) is 24.4 Å². The van der Waals surface area contributed by atoms with Gasteiger partial charge in [0, 0.05) is 37.0 Å². The Balaban J connectivity index is 1.56. The topological polar surface area (TPSA) is 94.1 Å². The molecule has 2 aliphatic rings. The first-order valence-corrected chi connectivity index (χ1v) is 8.76. The highest BCUT2D eigenvalue weighted by molar-refractivity contribution is 5.94. The Hall–Kier alpha value is -2.25. The number of rotatable bonds is 4. The molecule has 0 unspecified atom stereocenters. The quantitative estimate of drug-likeness (QED) is 0.772. The fourth-order valence-electron chi connectivity index (χ4n) is 3.72. The summed E-state index contributed by atoms with van der Waals surface area (Å²) in [5, 5.41) is 20.0. The minimum absolute atomic E-state index is 0.176. The van der Waals surface area contributed by atoms with Crippen LogP contribution < -0.4 is 5.32 Å². The number of aliphatic hydroxyl groups is 1. The van der Waals surface area contributed by atoms with E-state index in [0.29, 0.717) is 18.5 Å². The summed E-state index contributed by atoms with van der Waals surface area (Å²) in [5.74, 6) is 0.0242. The summed E-state index contributed by atoms with van der Waals surface area (Å²) in [7, 11) is 2.05. The molecule has 1 aliphatic carbocycles. The highest BCUT2D eigenvalue weighted by Crippen LogP contribution is 2.37. The summed E-state index contributed by atoms with van der Waals surface area (Å²) in [5.41, 5.74) is 3.34. The van der Waals surface area contributed by atoms with Crippen molar-refractivity contribution >= 4 is 5.91 Å². The van der Waals surface area contributed by atoms with E-state index in [4.69, 9.17) is 0 Å². The summed E-state index contributed by atoms with van der Waals surface area (Å²) in [4.78, 5) is 19.5. The molecule has 0 spiro atoms. The fourth-order valence-corrected chi connectivity index (χ4v) is 3.72. The third kappa shape index (κ3) is 3.17. The second-order valence-electron chi connectivity index (χ2n) is 7.11. The number of aromatic amines is 1. The van der Waals surface area contributed by atoms with Gasteiger partial charge in [0.2, 0.25) is 0 Å². The Kier molecular flexibility index (Phi) is 4.27. The molecule has 0 saturated heterocycles. The minimum atomic E-state index is -0.278. The van der Waals surface area contributed by atoms with Gasteiger partial charge in [-0.2, -0.15) is 5.10 Å². The zero-order chi connectivity index (χ0) is 17.4. The van der Waals surface area contributed by atoms with Gasteiger partial charge in [0.1, 0.15) is 0 Å². The predicted octanol–water partition coefficient (Wildman–Crippen LogP) is 1.03. The van der Waals surface area contributed by atoms with Gasteiger partial charge < -0.3 is 15.3 Å². The van der Waals surface area contributed by atoms with Crippen LogP contribution in [0.3, 0.4) is 0 Å². The van der Waals surface area contributed by atoms with Crippen LogP contribution in [-0.4, -0.2) is 50.8 Å². The molecule has 1 fully saturated rings. The van der Waals surface area contributed by atoms with Crippen molar-refractivity contribution in [3.63, 3.8) is 0 Å². The van der Waals surface area contributed by atoms with E-state index in [2.05, 4.69) is 25.4 Å². The highest BCUT2D eigenvalue weighted by Gasteiger charge is 2.37. The third-order valence-electron chi connectivity index (χ3n) is 5.25. The maximum Gasteiger partial charge on any atom is 0.272 e. The average molecular weight is 341 g/mol. The Morgan fingerprint density at radius 1 is 1.44 bits per heavy atom. The van der Waals surface area contributed by atoms with Crippen LogP contribution in [0.5, 0.6) is 0 Å². The van der Waals surface area contributed by atoms with Crippen LogP contribution in [0.2, 0.25) is 0 Å². The maximum absolute atomic E-state index is 12.9. The van der Waals surface area contributed by atoms with E-state index in [1.807, 2.05) is 25.2 Å². The van der Waals surface area contributed by atoms with E-state index in [-0.39, 0.29) is 24.0 Å². The fraction of sp³-hybridized carbons (Fsp3) is 0.500. The normalized spacial score (nSPS) is 24.2. The van der Waals surface area contributed by atoms with Crippen LogP contribution in [0.25, 0.3) is 0 Å². The van der Waals surface area contributed by atoms with Crippen molar-refractivity contribution in [1.29, 1.82) is 0 Å². The van der Waals surface area contributed by atoms with Gasteiger partial charge in [-0.3, -0.25) is 14.9 Å². The number of pyridine rings is 1. The molecular formula is C18H23N5O2. The van der Waals surface area contributed by atoms with Crippen molar-refractivity contribution in [3.8, 4) is 0 Å². The number of carbonyl (C=O) groups is 1. The molecule has 0 aromatic carbocycles. The van der Waals surface area contributed by atoms with Crippen molar-refractivity contribution in [2.24, 2.45) is 5.92 Å². The second-order valence-corrected chi connectivity index (χ2v) is 7.11. The lowest BCUT2D eigenvalue weighted by molar-refractivity contribution is 0.0227. The molecule has 0 radical (unpaired) electrons. The zero-order valence-electron chi connectivity index (χ0n) is 14.3. The molecule has 1 saturated carbocycles.